The monoisotopic (exact) mass is 279 g/mol. The molecule has 2 aromatic rings. The van der Waals surface area contributed by atoms with Gasteiger partial charge < -0.3 is 5.11 Å². The fourth-order valence-electron chi connectivity index (χ4n) is 1.44. The van der Waals surface area contributed by atoms with Gasteiger partial charge in [0.1, 0.15) is 0 Å². The first-order valence-corrected chi connectivity index (χ1v) is 5.29. The predicted octanol–water partition coefficient (Wildman–Crippen LogP) is 1.71. The summed E-state index contributed by atoms with van der Waals surface area (Å²) in [4.78, 5) is 30.2. The zero-order chi connectivity index (χ0) is 14.7. The van der Waals surface area contributed by atoms with Crippen molar-refractivity contribution in [2.24, 2.45) is 0 Å². The first kappa shape index (κ1) is 13.5. The van der Waals surface area contributed by atoms with Crippen LogP contribution in [0.2, 0.25) is 0 Å². The number of nitrogens with zero attached hydrogens (tertiary/aromatic N) is 2. The van der Waals surface area contributed by atoms with E-state index in [1.54, 1.807) is 0 Å². The van der Waals surface area contributed by atoms with Gasteiger partial charge in [0.05, 0.1) is 11.1 Å². The SMILES string of the molecule is O=C(O)c1cc(F)c(F)cc1C(=O)Nc1ncccn1. The molecule has 0 fully saturated rings. The van der Waals surface area contributed by atoms with Crippen molar-refractivity contribution in [1.29, 1.82) is 0 Å². The van der Waals surface area contributed by atoms with Crippen LogP contribution in [0.1, 0.15) is 20.7 Å². The molecule has 0 aliphatic rings. The lowest BCUT2D eigenvalue weighted by molar-refractivity contribution is 0.0691. The van der Waals surface area contributed by atoms with Crippen LogP contribution in [-0.2, 0) is 0 Å². The summed E-state index contributed by atoms with van der Waals surface area (Å²) in [6, 6.07) is 2.46. The minimum Gasteiger partial charge on any atom is -0.478 e. The molecular weight excluding hydrogens is 272 g/mol. The lowest BCUT2D eigenvalue weighted by Crippen LogP contribution is -2.18. The number of anilines is 1. The molecule has 8 heteroatoms. The molecule has 1 aromatic carbocycles. The number of benzene rings is 1. The van der Waals surface area contributed by atoms with Crippen molar-refractivity contribution < 1.29 is 23.5 Å². The minimum atomic E-state index is -1.55. The number of halogens is 2. The lowest BCUT2D eigenvalue weighted by atomic mass is 10.1. The number of nitrogens with one attached hydrogen (secondary N) is 1. The largest absolute Gasteiger partial charge is 0.478 e. The summed E-state index contributed by atoms with van der Waals surface area (Å²) in [6.45, 7) is 0. The Hall–Kier alpha value is -2.90. The van der Waals surface area contributed by atoms with Gasteiger partial charge in [-0.1, -0.05) is 0 Å². The first-order chi connectivity index (χ1) is 9.49. The summed E-state index contributed by atoms with van der Waals surface area (Å²) in [5.41, 5.74) is -1.18. The maximum Gasteiger partial charge on any atom is 0.336 e. The Labute approximate surface area is 111 Å². The molecule has 6 nitrogen and oxygen atoms in total. The second-order valence-electron chi connectivity index (χ2n) is 3.64. The van der Waals surface area contributed by atoms with Gasteiger partial charge in [0.25, 0.3) is 5.91 Å². The van der Waals surface area contributed by atoms with E-state index < -0.39 is 34.6 Å². The highest BCUT2D eigenvalue weighted by atomic mass is 19.2. The van der Waals surface area contributed by atoms with E-state index in [1.807, 2.05) is 0 Å². The maximum absolute atomic E-state index is 13.1. The number of rotatable bonds is 3. The summed E-state index contributed by atoms with van der Waals surface area (Å²) >= 11 is 0. The quantitative estimate of drug-likeness (QED) is 0.892. The van der Waals surface area contributed by atoms with Crippen LogP contribution in [0.5, 0.6) is 0 Å². The van der Waals surface area contributed by atoms with Gasteiger partial charge in [-0.25, -0.2) is 23.5 Å². The van der Waals surface area contributed by atoms with E-state index in [9.17, 15) is 18.4 Å². The molecule has 0 radical (unpaired) electrons. The van der Waals surface area contributed by atoms with Crippen LogP contribution in [0, 0.1) is 11.6 Å². The number of hydrogen-bond donors (Lipinski definition) is 2. The Morgan fingerprint density at radius 2 is 1.60 bits per heavy atom. The molecular formula is C12H7F2N3O3. The van der Waals surface area contributed by atoms with Crippen LogP contribution in [0.25, 0.3) is 0 Å². The average Bonchev–Trinajstić information content (AvgIpc) is 2.42. The lowest BCUT2D eigenvalue weighted by Gasteiger charge is -2.07. The molecule has 0 atom stereocenters. The number of carbonyl (C=O) groups is 2. The number of carbonyl (C=O) groups excluding carboxylic acids is 1. The molecule has 0 unspecified atom stereocenters. The Morgan fingerprint density at radius 3 is 2.15 bits per heavy atom. The Balaban J connectivity index is 2.39. The van der Waals surface area contributed by atoms with Crippen molar-refractivity contribution in [2.75, 3.05) is 5.32 Å². The molecule has 0 saturated heterocycles. The summed E-state index contributed by atoms with van der Waals surface area (Å²) < 4.78 is 26.2. The fourth-order valence-corrected chi connectivity index (χ4v) is 1.44. The molecule has 0 bridgehead atoms. The van der Waals surface area contributed by atoms with Crippen LogP contribution >= 0.6 is 0 Å². The number of hydrogen-bond acceptors (Lipinski definition) is 4. The van der Waals surface area contributed by atoms with Crippen LogP contribution < -0.4 is 5.32 Å². The Bertz CT molecular complexity index is 677. The molecule has 2 N–H and O–H groups in total. The molecule has 102 valence electrons. The number of amides is 1. The van der Waals surface area contributed by atoms with Gasteiger partial charge in [0.2, 0.25) is 5.95 Å². The topological polar surface area (TPSA) is 92.2 Å². The predicted molar refractivity (Wildman–Crippen MR) is 63.3 cm³/mol. The van der Waals surface area contributed by atoms with Gasteiger partial charge in [0.15, 0.2) is 11.6 Å². The van der Waals surface area contributed by atoms with Crippen LogP contribution in [0.3, 0.4) is 0 Å². The second-order valence-corrected chi connectivity index (χ2v) is 3.64. The summed E-state index contributed by atoms with van der Waals surface area (Å²) in [6.07, 6.45) is 2.71. The van der Waals surface area contributed by atoms with E-state index in [2.05, 4.69) is 15.3 Å². The van der Waals surface area contributed by atoms with E-state index >= 15 is 0 Å². The molecule has 2 rings (SSSR count). The third-order valence-electron chi connectivity index (χ3n) is 2.33. The van der Waals surface area contributed by atoms with E-state index in [0.29, 0.717) is 12.1 Å². The molecule has 0 aliphatic heterocycles. The molecule has 1 amide bonds. The second kappa shape index (κ2) is 5.39. The highest BCUT2D eigenvalue weighted by molar-refractivity contribution is 6.10. The molecule has 20 heavy (non-hydrogen) atoms. The van der Waals surface area contributed by atoms with E-state index in [1.165, 1.54) is 18.5 Å². The minimum absolute atomic E-state index is 0.0847. The van der Waals surface area contributed by atoms with Crippen LogP contribution in [0.4, 0.5) is 14.7 Å². The van der Waals surface area contributed by atoms with Crippen molar-refractivity contribution in [2.45, 2.75) is 0 Å². The zero-order valence-electron chi connectivity index (χ0n) is 9.80. The van der Waals surface area contributed by atoms with E-state index in [-0.39, 0.29) is 5.95 Å². The smallest absolute Gasteiger partial charge is 0.336 e. The fraction of sp³-hybridized carbons (Fsp3) is 0. The molecule has 0 saturated carbocycles. The summed E-state index contributed by atoms with van der Waals surface area (Å²) in [5.74, 6) is -5.27. The summed E-state index contributed by atoms with van der Waals surface area (Å²) in [5, 5.41) is 11.1. The standard InChI is InChI=1S/C12H7F2N3O3/c13-8-4-6(7(11(19)20)5-9(8)14)10(18)17-12-15-2-1-3-16-12/h1-5H,(H,19,20)(H,15,16,17,18). The summed E-state index contributed by atoms with van der Waals surface area (Å²) in [7, 11) is 0. The number of carboxylic acids is 1. The number of aromatic nitrogens is 2. The highest BCUT2D eigenvalue weighted by Gasteiger charge is 2.21. The molecule has 0 aliphatic carbocycles. The normalized spacial score (nSPS) is 10.1. The zero-order valence-corrected chi connectivity index (χ0v) is 9.80. The van der Waals surface area contributed by atoms with Crippen molar-refractivity contribution in [3.8, 4) is 0 Å². The van der Waals surface area contributed by atoms with Gasteiger partial charge in [-0.3, -0.25) is 10.1 Å². The van der Waals surface area contributed by atoms with Gasteiger partial charge in [0, 0.05) is 12.4 Å². The number of carboxylic acid groups (broad SMARTS) is 1. The molecule has 1 heterocycles. The van der Waals surface area contributed by atoms with Gasteiger partial charge in [-0.05, 0) is 18.2 Å². The van der Waals surface area contributed by atoms with Crippen molar-refractivity contribution in [3.05, 3.63) is 53.4 Å². The van der Waals surface area contributed by atoms with Crippen molar-refractivity contribution in [3.63, 3.8) is 0 Å². The van der Waals surface area contributed by atoms with Crippen molar-refractivity contribution in [1.82, 2.24) is 9.97 Å². The number of aromatic carboxylic acids is 1. The van der Waals surface area contributed by atoms with Crippen molar-refractivity contribution >= 4 is 17.8 Å². The first-order valence-electron chi connectivity index (χ1n) is 5.29. The maximum atomic E-state index is 13.1. The van der Waals surface area contributed by atoms with Crippen LogP contribution in [0.15, 0.2) is 30.6 Å². The van der Waals surface area contributed by atoms with E-state index in [0.717, 1.165) is 0 Å². The molecule has 0 spiro atoms. The third kappa shape index (κ3) is 2.74. The Morgan fingerprint density at radius 1 is 1.05 bits per heavy atom. The Kier molecular flexibility index (Phi) is 3.65. The van der Waals surface area contributed by atoms with Crippen LogP contribution in [-0.4, -0.2) is 27.0 Å². The van der Waals surface area contributed by atoms with Gasteiger partial charge in [-0.2, -0.15) is 0 Å². The van der Waals surface area contributed by atoms with Gasteiger partial charge >= 0.3 is 5.97 Å². The average molecular weight is 279 g/mol. The molecule has 1 aromatic heterocycles. The van der Waals surface area contributed by atoms with E-state index in [4.69, 9.17) is 5.11 Å². The highest BCUT2D eigenvalue weighted by Crippen LogP contribution is 2.16. The van der Waals surface area contributed by atoms with Gasteiger partial charge in [-0.15, -0.1) is 0 Å². The third-order valence-corrected chi connectivity index (χ3v) is 2.33.